The molecule has 0 saturated heterocycles. The Kier molecular flexibility index (Phi) is 6.25. The van der Waals surface area contributed by atoms with Gasteiger partial charge in [-0.05, 0) is 30.3 Å². The molecule has 0 aliphatic heterocycles. The number of rotatable bonds is 6. The van der Waals surface area contributed by atoms with Crippen molar-refractivity contribution in [2.24, 2.45) is 0 Å². The maximum absolute atomic E-state index is 14.4. The average molecular weight is 447 g/mol. The van der Waals surface area contributed by atoms with Gasteiger partial charge in [-0.3, -0.25) is 4.79 Å². The maximum atomic E-state index is 14.4. The minimum absolute atomic E-state index is 0.498. The molecule has 0 atom stereocenters. The summed E-state index contributed by atoms with van der Waals surface area (Å²) in [5.74, 6) is -5.45. The van der Waals surface area contributed by atoms with Gasteiger partial charge in [-0.15, -0.1) is 0 Å². The highest BCUT2D eigenvalue weighted by atomic mass is 32.2. The first-order chi connectivity index (χ1) is 14.7. The third kappa shape index (κ3) is 4.83. The van der Waals surface area contributed by atoms with Gasteiger partial charge in [0.2, 0.25) is 0 Å². The summed E-state index contributed by atoms with van der Waals surface area (Å²) in [6.07, 6.45) is 5.27. The van der Waals surface area contributed by atoms with Gasteiger partial charge < -0.3 is 4.74 Å². The second-order valence-corrected chi connectivity index (χ2v) is 7.73. The topological polar surface area (TPSA) is 107 Å². The van der Waals surface area contributed by atoms with Crippen LogP contribution >= 0.6 is 0 Å². The van der Waals surface area contributed by atoms with Crippen LogP contribution in [0.4, 0.5) is 8.78 Å². The van der Waals surface area contributed by atoms with Gasteiger partial charge in [0.15, 0.2) is 5.82 Å². The van der Waals surface area contributed by atoms with Gasteiger partial charge in [0.25, 0.3) is 15.9 Å². The van der Waals surface area contributed by atoms with E-state index >= 15 is 0 Å². The van der Waals surface area contributed by atoms with E-state index < -0.39 is 44.0 Å². The summed E-state index contributed by atoms with van der Waals surface area (Å²) in [4.78, 5) is 22.5. The number of nitrogens with one attached hydrogen (secondary N) is 1. The fraction of sp³-hybridized carbons (Fsp3) is 0.0500. The van der Waals surface area contributed by atoms with Crippen molar-refractivity contribution >= 4 is 28.0 Å². The molecule has 1 aromatic heterocycles. The van der Waals surface area contributed by atoms with Crippen molar-refractivity contribution in [1.29, 1.82) is 0 Å². The molecule has 0 saturated carbocycles. The van der Waals surface area contributed by atoms with Crippen molar-refractivity contribution in [2.75, 3.05) is 7.11 Å². The summed E-state index contributed by atoms with van der Waals surface area (Å²) < 4.78 is 60.3. The highest BCUT2D eigenvalue weighted by Gasteiger charge is 2.28. The fourth-order valence-electron chi connectivity index (χ4n) is 2.57. The minimum Gasteiger partial charge on any atom is -0.465 e. The van der Waals surface area contributed by atoms with E-state index in [1.54, 1.807) is 15.6 Å². The molecule has 1 N–H and O–H groups in total. The van der Waals surface area contributed by atoms with Crippen LogP contribution in [0.2, 0.25) is 0 Å². The van der Waals surface area contributed by atoms with Crippen LogP contribution in [0.5, 0.6) is 0 Å². The largest absolute Gasteiger partial charge is 0.465 e. The Morgan fingerprint density at radius 2 is 1.84 bits per heavy atom. The SMILES string of the molecule is COC(=O)c1c(F)ccc(S(=O)(=O)NC(=O)C=Cc2cnn(-c3ccccc3)c2)c1F. The van der Waals surface area contributed by atoms with E-state index in [4.69, 9.17) is 0 Å². The zero-order chi connectivity index (χ0) is 22.6. The van der Waals surface area contributed by atoms with Gasteiger partial charge in [0, 0.05) is 17.8 Å². The van der Waals surface area contributed by atoms with Crippen molar-refractivity contribution in [2.45, 2.75) is 4.90 Å². The summed E-state index contributed by atoms with van der Waals surface area (Å²) in [5.41, 5.74) is 0.0985. The molecule has 1 amide bonds. The number of hydrogen-bond acceptors (Lipinski definition) is 6. The average Bonchev–Trinajstić information content (AvgIpc) is 3.21. The molecule has 160 valence electrons. The summed E-state index contributed by atoms with van der Waals surface area (Å²) in [6, 6.07) is 10.3. The number of para-hydroxylation sites is 1. The molecule has 31 heavy (non-hydrogen) atoms. The normalized spacial score (nSPS) is 11.5. The van der Waals surface area contributed by atoms with Crippen LogP contribution in [-0.2, 0) is 19.6 Å². The first-order valence-electron chi connectivity index (χ1n) is 8.64. The number of hydrogen-bond donors (Lipinski definition) is 1. The van der Waals surface area contributed by atoms with E-state index in [0.717, 1.165) is 18.9 Å². The van der Waals surface area contributed by atoms with E-state index in [-0.39, 0.29) is 0 Å². The van der Waals surface area contributed by atoms with Crippen molar-refractivity contribution < 1.29 is 31.5 Å². The summed E-state index contributed by atoms with van der Waals surface area (Å²) >= 11 is 0. The molecule has 8 nitrogen and oxygen atoms in total. The Hall–Kier alpha value is -3.86. The van der Waals surface area contributed by atoms with Crippen LogP contribution in [0.3, 0.4) is 0 Å². The molecule has 0 bridgehead atoms. The molecule has 0 aliphatic carbocycles. The van der Waals surface area contributed by atoms with Gasteiger partial charge in [-0.1, -0.05) is 18.2 Å². The van der Waals surface area contributed by atoms with E-state index in [2.05, 4.69) is 9.84 Å². The molecule has 3 rings (SSSR count). The Labute approximate surface area is 175 Å². The summed E-state index contributed by atoms with van der Waals surface area (Å²) in [7, 11) is -3.85. The summed E-state index contributed by atoms with van der Waals surface area (Å²) in [6.45, 7) is 0. The van der Waals surface area contributed by atoms with Gasteiger partial charge in [-0.2, -0.15) is 5.10 Å². The van der Waals surface area contributed by atoms with E-state index in [1.165, 1.54) is 12.3 Å². The third-order valence-electron chi connectivity index (χ3n) is 4.02. The number of halogens is 2. The number of methoxy groups -OCH3 is 1. The number of sulfonamides is 1. The number of carbonyl (C=O) groups excluding carboxylic acids is 2. The number of aromatic nitrogens is 2. The molecule has 1 heterocycles. The maximum Gasteiger partial charge on any atom is 0.343 e. The number of ether oxygens (including phenoxy) is 1. The van der Waals surface area contributed by atoms with Gasteiger partial charge in [0.1, 0.15) is 16.3 Å². The van der Waals surface area contributed by atoms with Crippen molar-refractivity contribution in [3.05, 3.63) is 83.7 Å². The lowest BCUT2D eigenvalue weighted by Gasteiger charge is -2.09. The first kappa shape index (κ1) is 21.8. The lowest BCUT2D eigenvalue weighted by atomic mass is 10.2. The van der Waals surface area contributed by atoms with E-state index in [0.29, 0.717) is 17.7 Å². The van der Waals surface area contributed by atoms with Crippen LogP contribution in [0.25, 0.3) is 11.8 Å². The molecule has 0 spiro atoms. The zero-order valence-corrected chi connectivity index (χ0v) is 16.8. The first-order valence-corrected chi connectivity index (χ1v) is 10.1. The highest BCUT2D eigenvalue weighted by molar-refractivity contribution is 7.90. The highest BCUT2D eigenvalue weighted by Crippen LogP contribution is 2.22. The van der Waals surface area contributed by atoms with Gasteiger partial charge in [0.05, 0.1) is 19.0 Å². The smallest absolute Gasteiger partial charge is 0.343 e. The number of nitrogens with zero attached hydrogens (tertiary/aromatic N) is 2. The standard InChI is InChI=1S/C20H15F2N3O5S/c1-30-20(27)18-15(21)8-9-16(19(18)22)31(28,29)24-17(26)10-7-13-11-23-25(12-13)14-5-3-2-4-6-14/h2-12H,1H3,(H,24,26). The Morgan fingerprint density at radius 3 is 2.52 bits per heavy atom. The lowest BCUT2D eigenvalue weighted by molar-refractivity contribution is -0.114. The van der Waals surface area contributed by atoms with Crippen molar-refractivity contribution in [1.82, 2.24) is 14.5 Å². The molecule has 0 fully saturated rings. The predicted molar refractivity (Wildman–Crippen MR) is 106 cm³/mol. The number of benzene rings is 2. The zero-order valence-electron chi connectivity index (χ0n) is 16.0. The Morgan fingerprint density at radius 1 is 1.13 bits per heavy atom. The van der Waals surface area contributed by atoms with Crippen molar-refractivity contribution in [3.63, 3.8) is 0 Å². The molecule has 2 aromatic carbocycles. The molecule has 11 heteroatoms. The Bertz CT molecular complexity index is 1270. The number of esters is 1. The molecular weight excluding hydrogens is 432 g/mol. The second-order valence-electron chi connectivity index (χ2n) is 6.08. The van der Waals surface area contributed by atoms with Crippen LogP contribution in [-0.4, -0.2) is 37.2 Å². The number of carbonyl (C=O) groups is 2. The fourth-order valence-corrected chi connectivity index (χ4v) is 3.60. The van der Waals surface area contributed by atoms with Crippen LogP contribution in [0, 0.1) is 11.6 Å². The predicted octanol–water partition coefficient (Wildman–Crippen LogP) is 2.46. The molecular formula is C20H15F2N3O5S. The van der Waals surface area contributed by atoms with Crippen LogP contribution < -0.4 is 4.72 Å². The third-order valence-corrected chi connectivity index (χ3v) is 5.38. The minimum atomic E-state index is -4.73. The van der Waals surface area contributed by atoms with E-state index in [1.807, 2.05) is 30.3 Å². The monoisotopic (exact) mass is 447 g/mol. The molecule has 0 unspecified atom stereocenters. The van der Waals surface area contributed by atoms with Crippen molar-refractivity contribution in [3.8, 4) is 5.69 Å². The Balaban J connectivity index is 1.78. The van der Waals surface area contributed by atoms with Gasteiger partial charge in [-0.25, -0.2) is 31.4 Å². The van der Waals surface area contributed by atoms with Crippen LogP contribution in [0.15, 0.2) is 65.8 Å². The number of amides is 1. The van der Waals surface area contributed by atoms with E-state index in [9.17, 15) is 26.8 Å². The molecule has 3 aromatic rings. The lowest BCUT2D eigenvalue weighted by Crippen LogP contribution is -2.30. The van der Waals surface area contributed by atoms with Crippen LogP contribution in [0.1, 0.15) is 15.9 Å². The quantitative estimate of drug-likeness (QED) is 0.460. The molecule has 0 aliphatic rings. The second kappa shape index (κ2) is 8.88. The summed E-state index contributed by atoms with van der Waals surface area (Å²) in [5, 5.41) is 4.13. The van der Waals surface area contributed by atoms with Gasteiger partial charge >= 0.3 is 5.97 Å². The molecule has 0 radical (unpaired) electrons.